The molecule has 0 unspecified atom stereocenters. The smallest absolute Gasteiger partial charge is 0.433 e. The van der Waals surface area contributed by atoms with E-state index in [9.17, 15) is 13.2 Å². The fraction of sp³-hybridized carbons (Fsp3) is 0.400. The first-order valence-corrected chi connectivity index (χ1v) is 9.66. The van der Waals surface area contributed by atoms with Gasteiger partial charge in [0.15, 0.2) is 17.4 Å². The number of nitrogens with one attached hydrogen (secondary N) is 3. The molecule has 0 aliphatic carbocycles. The quantitative estimate of drug-likeness (QED) is 0.643. The maximum atomic E-state index is 15.5. The van der Waals surface area contributed by atoms with E-state index in [0.717, 1.165) is 24.6 Å². The van der Waals surface area contributed by atoms with Crippen molar-refractivity contribution in [3.63, 3.8) is 0 Å². The Balaban J connectivity index is 1.77. The van der Waals surface area contributed by atoms with Crippen LogP contribution in [-0.4, -0.2) is 36.7 Å². The van der Waals surface area contributed by atoms with Gasteiger partial charge in [0.05, 0.1) is 17.9 Å². The van der Waals surface area contributed by atoms with Crippen LogP contribution >= 0.6 is 0 Å². The fourth-order valence-electron chi connectivity index (χ4n) is 3.58. The first-order valence-electron chi connectivity index (χ1n) is 9.66. The Morgan fingerprint density at radius 2 is 2.00 bits per heavy atom. The second kappa shape index (κ2) is 8.10. The van der Waals surface area contributed by atoms with Crippen molar-refractivity contribution in [2.75, 3.05) is 37.4 Å². The van der Waals surface area contributed by atoms with E-state index in [1.807, 2.05) is 6.08 Å². The van der Waals surface area contributed by atoms with Crippen LogP contribution in [0.15, 0.2) is 18.2 Å². The van der Waals surface area contributed by atoms with Crippen molar-refractivity contribution in [1.82, 2.24) is 15.3 Å². The Hall–Kier alpha value is -2.88. The molecular formula is C20H21F4N5O. The van der Waals surface area contributed by atoms with Crippen LogP contribution in [-0.2, 0) is 12.6 Å². The Kier molecular flexibility index (Phi) is 5.50. The van der Waals surface area contributed by atoms with Crippen LogP contribution in [0.5, 0.6) is 5.75 Å². The van der Waals surface area contributed by atoms with Crippen LogP contribution < -0.4 is 20.7 Å². The average molecular weight is 423 g/mol. The number of pyridine rings is 2. The molecule has 3 N–H and O–H groups in total. The minimum Gasteiger partial charge on any atom is -0.491 e. The number of aromatic nitrogens is 2. The van der Waals surface area contributed by atoms with Gasteiger partial charge in [-0.25, -0.2) is 14.4 Å². The molecule has 2 aliphatic heterocycles. The Morgan fingerprint density at radius 1 is 1.17 bits per heavy atom. The molecule has 4 heterocycles. The number of anilines is 3. The Bertz CT molecular complexity index is 990. The van der Waals surface area contributed by atoms with Crippen LogP contribution in [0.2, 0.25) is 0 Å². The SMILES string of the molecule is CNc1cc(Nc2nc3c(c(C4=CCNCCC4)c2F)OCC3)nc(C(F)(F)F)c1. The zero-order valence-corrected chi connectivity index (χ0v) is 16.3. The molecule has 0 amide bonds. The third kappa shape index (κ3) is 4.04. The zero-order chi connectivity index (χ0) is 21.3. The largest absolute Gasteiger partial charge is 0.491 e. The summed E-state index contributed by atoms with van der Waals surface area (Å²) in [4.78, 5) is 7.88. The Morgan fingerprint density at radius 3 is 2.77 bits per heavy atom. The first-order chi connectivity index (χ1) is 14.4. The van der Waals surface area contributed by atoms with E-state index in [0.29, 0.717) is 43.0 Å². The van der Waals surface area contributed by atoms with Crippen molar-refractivity contribution < 1.29 is 22.3 Å². The number of rotatable bonds is 4. The zero-order valence-electron chi connectivity index (χ0n) is 16.3. The summed E-state index contributed by atoms with van der Waals surface area (Å²) in [5, 5.41) is 8.54. The molecule has 160 valence electrons. The summed E-state index contributed by atoms with van der Waals surface area (Å²) in [6, 6.07) is 2.26. The van der Waals surface area contributed by atoms with Crippen LogP contribution in [0.4, 0.5) is 34.9 Å². The van der Waals surface area contributed by atoms with Crippen LogP contribution in [0.3, 0.4) is 0 Å². The van der Waals surface area contributed by atoms with E-state index >= 15 is 4.39 Å². The lowest BCUT2D eigenvalue weighted by molar-refractivity contribution is -0.141. The lowest BCUT2D eigenvalue weighted by Crippen LogP contribution is -2.12. The highest BCUT2D eigenvalue weighted by Gasteiger charge is 2.34. The molecule has 2 aromatic rings. The van der Waals surface area contributed by atoms with E-state index in [1.54, 1.807) is 0 Å². The van der Waals surface area contributed by atoms with Gasteiger partial charge in [-0.1, -0.05) is 6.08 Å². The summed E-state index contributed by atoms with van der Waals surface area (Å²) < 4.78 is 60.7. The van der Waals surface area contributed by atoms with Crippen molar-refractivity contribution in [3.8, 4) is 5.75 Å². The van der Waals surface area contributed by atoms with Crippen molar-refractivity contribution in [2.24, 2.45) is 0 Å². The number of alkyl halides is 3. The van der Waals surface area contributed by atoms with Crippen LogP contribution in [0.25, 0.3) is 5.57 Å². The second-order valence-electron chi connectivity index (χ2n) is 7.06. The van der Waals surface area contributed by atoms with E-state index in [4.69, 9.17) is 4.74 Å². The minimum absolute atomic E-state index is 0.151. The van der Waals surface area contributed by atoms with Crippen molar-refractivity contribution >= 4 is 22.9 Å². The molecule has 6 nitrogen and oxygen atoms in total. The van der Waals surface area contributed by atoms with Gasteiger partial charge < -0.3 is 20.7 Å². The van der Waals surface area contributed by atoms with E-state index in [1.165, 1.54) is 13.1 Å². The van der Waals surface area contributed by atoms with Gasteiger partial charge in [0, 0.05) is 31.8 Å². The standard InChI is InChI=1S/C20H21F4N5O/c1-25-12-9-14(20(22,23)24)28-15(10-12)29-19-17(21)16(11-3-2-6-26-7-4-11)18-13(27-19)5-8-30-18/h4,9-10,26H,2-3,5-8H2,1H3,(H2,25,27,28,29). The fourth-order valence-corrected chi connectivity index (χ4v) is 3.58. The number of hydrogen-bond acceptors (Lipinski definition) is 6. The molecule has 0 fully saturated rings. The monoisotopic (exact) mass is 423 g/mol. The maximum absolute atomic E-state index is 15.5. The molecule has 10 heteroatoms. The molecule has 0 spiro atoms. The van der Waals surface area contributed by atoms with Gasteiger partial charge >= 0.3 is 6.18 Å². The van der Waals surface area contributed by atoms with Gasteiger partial charge in [-0.3, -0.25) is 0 Å². The summed E-state index contributed by atoms with van der Waals surface area (Å²) in [6.45, 7) is 1.81. The summed E-state index contributed by atoms with van der Waals surface area (Å²) in [5.41, 5.74) is 0.813. The minimum atomic E-state index is -4.63. The van der Waals surface area contributed by atoms with Crippen LogP contribution in [0, 0.1) is 5.82 Å². The Labute approximate surface area is 170 Å². The molecule has 0 atom stereocenters. The maximum Gasteiger partial charge on any atom is 0.433 e. The average Bonchev–Trinajstić information content (AvgIpc) is 3.00. The second-order valence-corrected chi connectivity index (χ2v) is 7.06. The van der Waals surface area contributed by atoms with Crippen LogP contribution in [0.1, 0.15) is 29.8 Å². The molecule has 2 aromatic heterocycles. The molecule has 0 saturated carbocycles. The summed E-state index contributed by atoms with van der Waals surface area (Å²) in [6.07, 6.45) is -0.718. The number of allylic oxidation sites excluding steroid dienone is 1. The third-order valence-corrected chi connectivity index (χ3v) is 5.01. The van der Waals surface area contributed by atoms with Gasteiger partial charge in [0.2, 0.25) is 0 Å². The highest BCUT2D eigenvalue weighted by atomic mass is 19.4. The third-order valence-electron chi connectivity index (χ3n) is 5.01. The lowest BCUT2D eigenvalue weighted by Gasteiger charge is -2.16. The molecule has 0 bridgehead atoms. The molecule has 0 aromatic carbocycles. The van der Waals surface area contributed by atoms with Gasteiger partial charge in [-0.2, -0.15) is 13.2 Å². The molecule has 2 aliphatic rings. The lowest BCUT2D eigenvalue weighted by atomic mass is 9.99. The molecule has 4 rings (SSSR count). The molecule has 0 saturated heterocycles. The van der Waals surface area contributed by atoms with E-state index < -0.39 is 17.7 Å². The van der Waals surface area contributed by atoms with Gasteiger partial charge in [0.1, 0.15) is 11.5 Å². The summed E-state index contributed by atoms with van der Waals surface area (Å²) in [5.74, 6) is -0.559. The first kappa shape index (κ1) is 20.4. The predicted molar refractivity (Wildman–Crippen MR) is 106 cm³/mol. The summed E-state index contributed by atoms with van der Waals surface area (Å²) in [7, 11) is 1.50. The van der Waals surface area contributed by atoms with Crippen molar-refractivity contribution in [2.45, 2.75) is 25.4 Å². The van der Waals surface area contributed by atoms with Gasteiger partial charge in [-0.15, -0.1) is 0 Å². The van der Waals surface area contributed by atoms with E-state index in [-0.39, 0.29) is 17.3 Å². The number of ether oxygens (including phenoxy) is 1. The van der Waals surface area contributed by atoms with Gasteiger partial charge in [-0.05, 0) is 31.0 Å². The molecule has 30 heavy (non-hydrogen) atoms. The molecular weight excluding hydrogens is 402 g/mol. The highest BCUT2D eigenvalue weighted by molar-refractivity contribution is 5.76. The van der Waals surface area contributed by atoms with E-state index in [2.05, 4.69) is 25.9 Å². The normalized spacial score (nSPS) is 16.4. The number of fused-ring (bicyclic) bond motifs is 1. The molecule has 0 radical (unpaired) electrons. The summed E-state index contributed by atoms with van der Waals surface area (Å²) >= 11 is 0. The van der Waals surface area contributed by atoms with Crippen molar-refractivity contribution in [1.29, 1.82) is 0 Å². The van der Waals surface area contributed by atoms with Gasteiger partial charge in [0.25, 0.3) is 0 Å². The topological polar surface area (TPSA) is 71.1 Å². The predicted octanol–water partition coefficient (Wildman–Crippen LogP) is 4.12. The highest BCUT2D eigenvalue weighted by Crippen LogP contribution is 2.40. The number of hydrogen-bond donors (Lipinski definition) is 3. The number of halogens is 4. The van der Waals surface area contributed by atoms with Crippen molar-refractivity contribution in [3.05, 3.63) is 41.0 Å². The number of nitrogens with zero attached hydrogens (tertiary/aromatic N) is 2.